The van der Waals surface area contributed by atoms with E-state index in [9.17, 15) is 19.5 Å². The number of hydrogen-bond donors (Lipinski definition) is 1. The molecule has 0 spiro atoms. The number of methoxy groups -OCH3 is 1. The number of carbonyl (C=O) groups is 3. The van der Waals surface area contributed by atoms with Gasteiger partial charge in [-0.05, 0) is 40.0 Å². The van der Waals surface area contributed by atoms with E-state index in [2.05, 4.69) is 4.74 Å². The summed E-state index contributed by atoms with van der Waals surface area (Å²) in [5.41, 5.74) is -1.22. The molecule has 1 N–H and O–H groups in total. The fraction of sp³-hybridized carbons (Fsp3) is 0.786. The SMILES string of the molecule is COC(=O)CN(C(=O)N1CCCCC1(C)C(=O)O)C(C)C. The van der Waals surface area contributed by atoms with Crippen molar-refractivity contribution in [3.63, 3.8) is 0 Å². The number of ether oxygens (including phenoxy) is 1. The van der Waals surface area contributed by atoms with E-state index in [1.165, 1.54) is 16.9 Å². The van der Waals surface area contributed by atoms with Crippen molar-refractivity contribution in [1.82, 2.24) is 9.80 Å². The fourth-order valence-corrected chi connectivity index (χ4v) is 2.48. The van der Waals surface area contributed by atoms with Crippen LogP contribution >= 0.6 is 0 Å². The predicted octanol–water partition coefficient (Wildman–Crippen LogP) is 1.32. The second-order valence-electron chi connectivity index (χ2n) is 5.77. The molecule has 0 saturated carbocycles. The molecule has 1 heterocycles. The summed E-state index contributed by atoms with van der Waals surface area (Å²) in [4.78, 5) is 38.4. The van der Waals surface area contributed by atoms with Gasteiger partial charge in [-0.25, -0.2) is 9.59 Å². The summed E-state index contributed by atoms with van der Waals surface area (Å²) >= 11 is 0. The Morgan fingerprint density at radius 2 is 1.95 bits per heavy atom. The molecule has 0 aliphatic carbocycles. The third-order valence-corrected chi connectivity index (χ3v) is 3.98. The summed E-state index contributed by atoms with van der Waals surface area (Å²) in [6.07, 6.45) is 1.95. The number of aliphatic carboxylic acids is 1. The molecule has 120 valence electrons. The second-order valence-corrected chi connectivity index (χ2v) is 5.77. The number of nitrogens with zero attached hydrogens (tertiary/aromatic N) is 2. The highest BCUT2D eigenvalue weighted by atomic mass is 16.5. The lowest BCUT2D eigenvalue weighted by Gasteiger charge is -2.44. The van der Waals surface area contributed by atoms with Crippen molar-refractivity contribution in [3.8, 4) is 0 Å². The fourth-order valence-electron chi connectivity index (χ4n) is 2.48. The summed E-state index contributed by atoms with van der Waals surface area (Å²) in [6, 6.07) is -0.656. The number of hydrogen-bond acceptors (Lipinski definition) is 4. The lowest BCUT2D eigenvalue weighted by atomic mass is 9.88. The quantitative estimate of drug-likeness (QED) is 0.791. The van der Waals surface area contributed by atoms with E-state index >= 15 is 0 Å². The molecule has 0 aromatic rings. The first kappa shape index (κ1) is 17.3. The number of carboxylic acids is 1. The first-order chi connectivity index (χ1) is 9.74. The standard InChI is InChI=1S/C14H24N2O5/c1-10(2)15(9-11(17)21-4)13(20)16-8-6-5-7-14(16,3)12(18)19/h10H,5-9H2,1-4H3,(H,18,19). The van der Waals surface area contributed by atoms with Gasteiger partial charge in [0.2, 0.25) is 0 Å². The highest BCUT2D eigenvalue weighted by Gasteiger charge is 2.45. The van der Waals surface area contributed by atoms with Gasteiger partial charge in [-0.15, -0.1) is 0 Å². The van der Waals surface area contributed by atoms with Crippen molar-refractivity contribution < 1.29 is 24.2 Å². The Morgan fingerprint density at radius 3 is 2.43 bits per heavy atom. The van der Waals surface area contributed by atoms with Gasteiger partial charge >= 0.3 is 18.0 Å². The molecule has 1 atom stereocenters. The maximum absolute atomic E-state index is 12.7. The zero-order valence-corrected chi connectivity index (χ0v) is 13.1. The first-order valence-electron chi connectivity index (χ1n) is 7.12. The zero-order chi connectivity index (χ0) is 16.2. The molecule has 1 aliphatic heterocycles. The van der Waals surface area contributed by atoms with Crippen LogP contribution < -0.4 is 0 Å². The Balaban J connectivity index is 3.00. The Labute approximate surface area is 124 Å². The van der Waals surface area contributed by atoms with Gasteiger partial charge in [-0.1, -0.05) is 0 Å². The van der Waals surface area contributed by atoms with Crippen LogP contribution in [0.5, 0.6) is 0 Å². The van der Waals surface area contributed by atoms with Gasteiger partial charge in [0.05, 0.1) is 7.11 Å². The summed E-state index contributed by atoms with van der Waals surface area (Å²) in [6.45, 7) is 5.32. The van der Waals surface area contributed by atoms with E-state index in [1.54, 1.807) is 20.8 Å². The van der Waals surface area contributed by atoms with Gasteiger partial charge in [-0.3, -0.25) is 4.79 Å². The van der Waals surface area contributed by atoms with Gasteiger partial charge in [-0.2, -0.15) is 0 Å². The van der Waals surface area contributed by atoms with Crippen LogP contribution in [0.1, 0.15) is 40.0 Å². The molecule has 0 aromatic heterocycles. The third-order valence-electron chi connectivity index (χ3n) is 3.98. The van der Waals surface area contributed by atoms with Gasteiger partial charge in [0, 0.05) is 12.6 Å². The van der Waals surface area contributed by atoms with Crippen molar-refractivity contribution in [2.75, 3.05) is 20.2 Å². The van der Waals surface area contributed by atoms with E-state index in [0.717, 1.165) is 12.8 Å². The van der Waals surface area contributed by atoms with E-state index in [4.69, 9.17) is 0 Å². The third kappa shape index (κ3) is 3.65. The number of likely N-dealkylation sites (tertiary alicyclic amines) is 1. The Bertz CT molecular complexity index is 424. The lowest BCUT2D eigenvalue weighted by molar-refractivity contribution is -0.151. The molecule has 1 rings (SSSR count). The van der Waals surface area contributed by atoms with E-state index < -0.39 is 23.5 Å². The molecular formula is C14H24N2O5. The van der Waals surface area contributed by atoms with Crippen LogP contribution in [0.4, 0.5) is 4.79 Å². The molecule has 21 heavy (non-hydrogen) atoms. The zero-order valence-electron chi connectivity index (χ0n) is 13.1. The Kier molecular flexibility index (Phi) is 5.57. The minimum Gasteiger partial charge on any atom is -0.480 e. The van der Waals surface area contributed by atoms with Crippen LogP contribution in [0.3, 0.4) is 0 Å². The molecule has 1 aliphatic rings. The van der Waals surface area contributed by atoms with Crippen LogP contribution in [0.15, 0.2) is 0 Å². The molecule has 2 amide bonds. The average molecular weight is 300 g/mol. The summed E-state index contributed by atoms with van der Waals surface area (Å²) in [7, 11) is 1.26. The van der Waals surface area contributed by atoms with Crippen LogP contribution in [0.2, 0.25) is 0 Å². The Hall–Kier alpha value is -1.79. The van der Waals surface area contributed by atoms with Gasteiger partial charge in [0.25, 0.3) is 0 Å². The average Bonchev–Trinajstić information content (AvgIpc) is 2.43. The largest absolute Gasteiger partial charge is 0.480 e. The number of urea groups is 1. The number of piperidine rings is 1. The highest BCUT2D eigenvalue weighted by Crippen LogP contribution is 2.29. The maximum Gasteiger partial charge on any atom is 0.329 e. The number of esters is 1. The molecule has 0 radical (unpaired) electrons. The number of carboxylic acid groups (broad SMARTS) is 1. The first-order valence-corrected chi connectivity index (χ1v) is 7.12. The van der Waals surface area contributed by atoms with E-state index in [-0.39, 0.29) is 12.6 Å². The predicted molar refractivity (Wildman–Crippen MR) is 75.9 cm³/mol. The van der Waals surface area contributed by atoms with E-state index in [0.29, 0.717) is 13.0 Å². The summed E-state index contributed by atoms with van der Waals surface area (Å²) in [5, 5.41) is 9.46. The smallest absolute Gasteiger partial charge is 0.329 e. The number of carbonyl (C=O) groups excluding carboxylic acids is 2. The topological polar surface area (TPSA) is 87.2 Å². The molecule has 1 fully saturated rings. The molecular weight excluding hydrogens is 276 g/mol. The summed E-state index contributed by atoms with van der Waals surface area (Å²) in [5.74, 6) is -1.54. The molecule has 0 bridgehead atoms. The monoisotopic (exact) mass is 300 g/mol. The van der Waals surface area contributed by atoms with Crippen molar-refractivity contribution in [2.45, 2.75) is 51.6 Å². The number of amides is 2. The Morgan fingerprint density at radius 1 is 1.33 bits per heavy atom. The highest BCUT2D eigenvalue weighted by molar-refractivity contribution is 5.88. The van der Waals surface area contributed by atoms with Crippen molar-refractivity contribution in [3.05, 3.63) is 0 Å². The van der Waals surface area contributed by atoms with Gasteiger partial charge in [0.1, 0.15) is 12.1 Å². The van der Waals surface area contributed by atoms with E-state index in [1.807, 2.05) is 0 Å². The van der Waals surface area contributed by atoms with Crippen LogP contribution in [0.25, 0.3) is 0 Å². The maximum atomic E-state index is 12.7. The van der Waals surface area contributed by atoms with Crippen LogP contribution in [-0.2, 0) is 14.3 Å². The van der Waals surface area contributed by atoms with Crippen molar-refractivity contribution >= 4 is 18.0 Å². The number of rotatable bonds is 4. The molecule has 0 aromatic carbocycles. The minimum atomic E-state index is -1.22. The van der Waals surface area contributed by atoms with Gasteiger partial charge in [0.15, 0.2) is 0 Å². The normalized spacial score (nSPS) is 22.0. The lowest BCUT2D eigenvalue weighted by Crippen LogP contribution is -2.62. The van der Waals surface area contributed by atoms with Crippen LogP contribution in [0, 0.1) is 0 Å². The van der Waals surface area contributed by atoms with Gasteiger partial charge < -0.3 is 19.6 Å². The second kappa shape index (κ2) is 6.78. The molecule has 1 unspecified atom stereocenters. The van der Waals surface area contributed by atoms with Crippen LogP contribution in [-0.4, -0.2) is 64.7 Å². The summed E-state index contributed by atoms with van der Waals surface area (Å²) < 4.78 is 4.60. The van der Waals surface area contributed by atoms with Crippen molar-refractivity contribution in [2.24, 2.45) is 0 Å². The minimum absolute atomic E-state index is 0.181. The van der Waals surface area contributed by atoms with Crippen molar-refractivity contribution in [1.29, 1.82) is 0 Å². The molecule has 7 nitrogen and oxygen atoms in total. The molecule has 1 saturated heterocycles. The molecule has 7 heteroatoms.